The van der Waals surface area contributed by atoms with E-state index in [0.29, 0.717) is 11.7 Å². The van der Waals surface area contributed by atoms with E-state index < -0.39 is 0 Å². The predicted octanol–water partition coefficient (Wildman–Crippen LogP) is 4.14. The summed E-state index contributed by atoms with van der Waals surface area (Å²) in [6.45, 7) is 5.68. The molecule has 1 heteroatoms. The summed E-state index contributed by atoms with van der Waals surface area (Å²) < 4.78 is 0. The van der Waals surface area contributed by atoms with Gasteiger partial charge in [-0.25, -0.2) is 0 Å². The summed E-state index contributed by atoms with van der Waals surface area (Å²) in [6, 6.07) is 0. The van der Waals surface area contributed by atoms with E-state index in [0.717, 1.165) is 19.3 Å². The molecule has 0 amide bonds. The molecule has 1 nitrogen and oxygen atoms in total. The molecule has 0 saturated carbocycles. The molecule has 78 valence electrons. The van der Waals surface area contributed by atoms with Gasteiger partial charge in [-0.1, -0.05) is 37.3 Å². The van der Waals surface area contributed by atoms with Gasteiger partial charge in [0.1, 0.15) is 0 Å². The highest BCUT2D eigenvalue weighted by molar-refractivity contribution is 5.21. The van der Waals surface area contributed by atoms with E-state index in [4.69, 9.17) is 5.11 Å². The first-order valence-corrected chi connectivity index (χ1v) is 5.41. The molecule has 1 atom stereocenters. The van der Waals surface area contributed by atoms with Gasteiger partial charge in [-0.3, -0.25) is 0 Å². The Hall–Kier alpha value is -0.980. The molecule has 0 aromatic heterocycles. The van der Waals surface area contributed by atoms with Crippen LogP contribution in [0.4, 0.5) is 0 Å². The zero-order valence-corrected chi connectivity index (χ0v) is 9.00. The highest BCUT2D eigenvalue weighted by atomic mass is 16.3. The van der Waals surface area contributed by atoms with Gasteiger partial charge in [-0.2, -0.15) is 0 Å². The second kappa shape index (κ2) is 5.69. The van der Waals surface area contributed by atoms with Gasteiger partial charge in [0.25, 0.3) is 0 Å². The fourth-order valence-electron chi connectivity index (χ4n) is 1.77. The fraction of sp³-hybridized carbons (Fsp3) is 0.538. The average Bonchev–Trinajstić information content (AvgIpc) is 2.15. The van der Waals surface area contributed by atoms with E-state index in [9.17, 15) is 0 Å². The molecule has 0 radical (unpaired) electrons. The van der Waals surface area contributed by atoms with Crippen LogP contribution in [0.5, 0.6) is 0 Å². The number of allylic oxidation sites excluding steroid dienone is 5. The number of aliphatic hydroxyl groups excluding tert-OH is 1. The van der Waals surface area contributed by atoms with Crippen molar-refractivity contribution in [2.45, 2.75) is 39.0 Å². The first-order valence-electron chi connectivity index (χ1n) is 5.41. The van der Waals surface area contributed by atoms with Crippen LogP contribution >= 0.6 is 0 Å². The van der Waals surface area contributed by atoms with Crippen molar-refractivity contribution in [1.82, 2.24) is 0 Å². The number of aliphatic hydroxyl groups is 1. The molecule has 0 unspecified atom stereocenters. The van der Waals surface area contributed by atoms with E-state index in [1.54, 1.807) is 0 Å². The summed E-state index contributed by atoms with van der Waals surface area (Å²) >= 11 is 0. The maximum absolute atomic E-state index is 9.04. The van der Waals surface area contributed by atoms with Crippen molar-refractivity contribution in [2.24, 2.45) is 5.92 Å². The minimum atomic E-state index is 0.311. The molecule has 0 bridgehead atoms. The molecule has 1 aliphatic carbocycles. The minimum Gasteiger partial charge on any atom is -0.513 e. The van der Waals surface area contributed by atoms with Gasteiger partial charge in [-0.05, 0) is 31.6 Å². The first-order chi connectivity index (χ1) is 6.68. The van der Waals surface area contributed by atoms with Crippen LogP contribution < -0.4 is 0 Å². The van der Waals surface area contributed by atoms with Gasteiger partial charge in [0.2, 0.25) is 0 Å². The topological polar surface area (TPSA) is 20.2 Å². The van der Waals surface area contributed by atoms with Crippen LogP contribution in [0.2, 0.25) is 0 Å². The lowest BCUT2D eigenvalue weighted by Crippen LogP contribution is -1.97. The predicted molar refractivity (Wildman–Crippen MR) is 61.2 cm³/mol. The van der Waals surface area contributed by atoms with Crippen molar-refractivity contribution < 1.29 is 5.11 Å². The van der Waals surface area contributed by atoms with Crippen molar-refractivity contribution in [3.63, 3.8) is 0 Å². The SMILES string of the molecule is C=C(O)C[C@H](C)CCC1=CCCC=C1. The normalized spacial score (nSPS) is 17.6. The molecule has 14 heavy (non-hydrogen) atoms. The Bertz CT molecular complexity index is 248. The van der Waals surface area contributed by atoms with Crippen LogP contribution in [0.15, 0.2) is 36.1 Å². The van der Waals surface area contributed by atoms with Crippen LogP contribution in [0.3, 0.4) is 0 Å². The number of hydrogen-bond acceptors (Lipinski definition) is 1. The van der Waals surface area contributed by atoms with Crippen molar-refractivity contribution in [3.05, 3.63) is 36.1 Å². The summed E-state index contributed by atoms with van der Waals surface area (Å²) in [4.78, 5) is 0. The van der Waals surface area contributed by atoms with Crippen molar-refractivity contribution in [1.29, 1.82) is 0 Å². The molecule has 0 aliphatic heterocycles. The standard InChI is InChI=1S/C13H20O/c1-11(10-12(2)14)8-9-13-6-4-3-5-7-13/h4,6-7,11,14H,2-3,5,8-10H2,1H3/t11-/m1/s1. The highest BCUT2D eigenvalue weighted by Crippen LogP contribution is 2.20. The summed E-state index contributed by atoms with van der Waals surface area (Å²) in [5.41, 5.74) is 1.45. The average molecular weight is 192 g/mol. The molecular weight excluding hydrogens is 172 g/mol. The zero-order chi connectivity index (χ0) is 10.4. The monoisotopic (exact) mass is 192 g/mol. The minimum absolute atomic E-state index is 0.311. The van der Waals surface area contributed by atoms with E-state index in [2.05, 4.69) is 31.7 Å². The third-order valence-corrected chi connectivity index (χ3v) is 2.58. The molecule has 0 spiro atoms. The van der Waals surface area contributed by atoms with Crippen LogP contribution in [0, 0.1) is 5.92 Å². The third kappa shape index (κ3) is 4.31. The quantitative estimate of drug-likeness (QED) is 0.649. The first kappa shape index (κ1) is 11.1. The molecule has 1 rings (SSSR count). The molecule has 0 heterocycles. The molecule has 0 fully saturated rings. The fourth-order valence-corrected chi connectivity index (χ4v) is 1.77. The Balaban J connectivity index is 2.22. The van der Waals surface area contributed by atoms with Gasteiger partial charge in [0.05, 0.1) is 5.76 Å². The Morgan fingerprint density at radius 1 is 1.57 bits per heavy atom. The molecule has 1 aliphatic rings. The largest absolute Gasteiger partial charge is 0.513 e. The van der Waals surface area contributed by atoms with Gasteiger partial charge >= 0.3 is 0 Å². The van der Waals surface area contributed by atoms with Crippen molar-refractivity contribution >= 4 is 0 Å². The summed E-state index contributed by atoms with van der Waals surface area (Å²) in [5.74, 6) is 0.842. The maximum Gasteiger partial charge on any atom is 0.0853 e. The van der Waals surface area contributed by atoms with E-state index in [1.165, 1.54) is 18.4 Å². The van der Waals surface area contributed by atoms with Crippen molar-refractivity contribution in [3.8, 4) is 0 Å². The third-order valence-electron chi connectivity index (χ3n) is 2.58. The summed E-state index contributed by atoms with van der Waals surface area (Å²) in [7, 11) is 0. The van der Waals surface area contributed by atoms with Gasteiger partial charge in [-0.15, -0.1) is 0 Å². The Morgan fingerprint density at radius 3 is 2.93 bits per heavy atom. The lowest BCUT2D eigenvalue weighted by molar-refractivity contribution is 0.353. The lowest BCUT2D eigenvalue weighted by Gasteiger charge is -2.12. The van der Waals surface area contributed by atoms with Gasteiger partial charge in [0.15, 0.2) is 0 Å². The van der Waals surface area contributed by atoms with Crippen LogP contribution in [-0.2, 0) is 0 Å². The van der Waals surface area contributed by atoms with Gasteiger partial charge in [0, 0.05) is 6.42 Å². The zero-order valence-electron chi connectivity index (χ0n) is 9.00. The van der Waals surface area contributed by atoms with E-state index >= 15 is 0 Å². The second-order valence-electron chi connectivity index (χ2n) is 4.17. The molecule has 1 N–H and O–H groups in total. The van der Waals surface area contributed by atoms with Crippen molar-refractivity contribution in [2.75, 3.05) is 0 Å². The summed E-state index contributed by atoms with van der Waals surface area (Å²) in [6.07, 6.45) is 12.2. The van der Waals surface area contributed by atoms with Crippen LogP contribution in [-0.4, -0.2) is 5.11 Å². The molecule has 0 saturated heterocycles. The molecule has 0 aromatic rings. The smallest absolute Gasteiger partial charge is 0.0853 e. The molecule has 0 aromatic carbocycles. The number of rotatable bonds is 5. The molecular formula is C13H20O. The summed E-state index contributed by atoms with van der Waals surface area (Å²) in [5, 5.41) is 9.04. The second-order valence-corrected chi connectivity index (χ2v) is 4.17. The lowest BCUT2D eigenvalue weighted by atomic mass is 9.95. The number of hydrogen-bond donors (Lipinski definition) is 1. The van der Waals surface area contributed by atoms with Gasteiger partial charge < -0.3 is 5.11 Å². The maximum atomic E-state index is 9.04. The Kier molecular flexibility index (Phi) is 4.51. The Labute approximate surface area is 86.8 Å². The highest BCUT2D eigenvalue weighted by Gasteiger charge is 2.05. The Morgan fingerprint density at radius 2 is 2.36 bits per heavy atom. The van der Waals surface area contributed by atoms with E-state index in [1.807, 2.05) is 0 Å². The van der Waals surface area contributed by atoms with E-state index in [-0.39, 0.29) is 0 Å². The van der Waals surface area contributed by atoms with Crippen LogP contribution in [0.1, 0.15) is 39.0 Å². The van der Waals surface area contributed by atoms with Crippen LogP contribution in [0.25, 0.3) is 0 Å².